The largest absolute Gasteiger partial charge is 0.502 e. The van der Waals surface area contributed by atoms with Gasteiger partial charge in [0, 0.05) is 0 Å². The summed E-state index contributed by atoms with van der Waals surface area (Å²) in [5.41, 5.74) is 3.93. The molecule has 0 spiro atoms. The summed E-state index contributed by atoms with van der Waals surface area (Å²) in [6, 6.07) is 5.40. The molecule has 0 atom stereocenters. The number of aromatic hydroxyl groups is 1. The summed E-state index contributed by atoms with van der Waals surface area (Å²) in [5.74, 6) is -2.31. The molecule has 0 saturated heterocycles. The molecule has 1 aromatic carbocycles. The molecule has 0 aliphatic carbocycles. The first-order valence-corrected chi connectivity index (χ1v) is 6.70. The van der Waals surface area contributed by atoms with E-state index in [2.05, 4.69) is 18.3 Å². The molecule has 0 saturated carbocycles. The summed E-state index contributed by atoms with van der Waals surface area (Å²) in [6.07, 6.45) is -3.74. The molecule has 0 bridgehead atoms. The van der Waals surface area contributed by atoms with Crippen molar-refractivity contribution in [1.82, 2.24) is 0 Å². The maximum absolute atomic E-state index is 12.4. The predicted molar refractivity (Wildman–Crippen MR) is 77.7 cm³/mol. The average Bonchev–Trinajstić information content (AvgIpc) is 2.42. The quantitative estimate of drug-likeness (QED) is 0.888. The van der Waals surface area contributed by atoms with Crippen LogP contribution >= 0.6 is 0 Å². The molecule has 0 radical (unpaired) electrons. The SMILES string of the molecule is CC(C)CCN.O=c1c(O)c(C(F)(F)F)oc2ccccc12. The molecule has 0 aliphatic rings. The maximum Gasteiger partial charge on any atom is 0.453 e. The fraction of sp³-hybridized carbons (Fsp3) is 0.400. The maximum atomic E-state index is 12.4. The van der Waals surface area contributed by atoms with Crippen LogP contribution in [0.4, 0.5) is 13.2 Å². The first kappa shape index (κ1) is 18.0. The van der Waals surface area contributed by atoms with Crippen molar-refractivity contribution in [3.05, 3.63) is 40.2 Å². The van der Waals surface area contributed by atoms with Crippen molar-refractivity contribution in [1.29, 1.82) is 0 Å². The van der Waals surface area contributed by atoms with Crippen LogP contribution in [0.5, 0.6) is 5.75 Å². The minimum Gasteiger partial charge on any atom is -0.502 e. The van der Waals surface area contributed by atoms with Crippen molar-refractivity contribution in [2.75, 3.05) is 6.54 Å². The molecule has 0 fully saturated rings. The minimum absolute atomic E-state index is 0.0898. The first-order chi connectivity index (χ1) is 10.2. The van der Waals surface area contributed by atoms with Crippen molar-refractivity contribution < 1.29 is 22.7 Å². The first-order valence-electron chi connectivity index (χ1n) is 6.70. The molecule has 7 heteroatoms. The van der Waals surface area contributed by atoms with Crippen LogP contribution in [0.1, 0.15) is 26.0 Å². The van der Waals surface area contributed by atoms with Crippen LogP contribution in [0.15, 0.2) is 33.5 Å². The lowest BCUT2D eigenvalue weighted by Gasteiger charge is -2.07. The van der Waals surface area contributed by atoms with Crippen LogP contribution in [0, 0.1) is 5.92 Å². The lowest BCUT2D eigenvalue weighted by molar-refractivity contribution is -0.154. The average molecular weight is 317 g/mol. The van der Waals surface area contributed by atoms with Gasteiger partial charge in [-0.3, -0.25) is 4.79 Å². The fourth-order valence-electron chi connectivity index (χ4n) is 1.66. The Morgan fingerprint density at radius 2 is 1.86 bits per heavy atom. The Labute approximate surface area is 125 Å². The van der Waals surface area contributed by atoms with Gasteiger partial charge >= 0.3 is 6.18 Å². The predicted octanol–water partition coefficient (Wildman–Crippen LogP) is 3.51. The van der Waals surface area contributed by atoms with Crippen molar-refractivity contribution in [3.8, 4) is 5.75 Å². The Morgan fingerprint density at radius 1 is 1.27 bits per heavy atom. The number of benzene rings is 1. The van der Waals surface area contributed by atoms with E-state index in [1.165, 1.54) is 24.3 Å². The summed E-state index contributed by atoms with van der Waals surface area (Å²) in [5, 5.41) is 9.02. The molecule has 2 rings (SSSR count). The number of hydrogen-bond donors (Lipinski definition) is 2. The van der Waals surface area contributed by atoms with Gasteiger partial charge in [-0.25, -0.2) is 0 Å². The van der Waals surface area contributed by atoms with Gasteiger partial charge in [0.05, 0.1) is 5.39 Å². The highest BCUT2D eigenvalue weighted by molar-refractivity contribution is 5.77. The van der Waals surface area contributed by atoms with Crippen LogP contribution in [-0.4, -0.2) is 11.7 Å². The van der Waals surface area contributed by atoms with Gasteiger partial charge in [-0.15, -0.1) is 0 Å². The molecule has 4 nitrogen and oxygen atoms in total. The van der Waals surface area contributed by atoms with E-state index in [0.29, 0.717) is 0 Å². The summed E-state index contributed by atoms with van der Waals surface area (Å²) in [6.45, 7) is 5.18. The van der Waals surface area contributed by atoms with Crippen LogP contribution in [0.3, 0.4) is 0 Å². The van der Waals surface area contributed by atoms with E-state index in [0.717, 1.165) is 18.9 Å². The Morgan fingerprint density at radius 3 is 2.32 bits per heavy atom. The summed E-state index contributed by atoms with van der Waals surface area (Å²) in [7, 11) is 0. The highest BCUT2D eigenvalue weighted by Crippen LogP contribution is 2.35. The van der Waals surface area contributed by atoms with Gasteiger partial charge in [-0.2, -0.15) is 13.2 Å². The second-order valence-corrected chi connectivity index (χ2v) is 5.07. The molecule has 22 heavy (non-hydrogen) atoms. The van der Waals surface area contributed by atoms with E-state index in [-0.39, 0.29) is 11.0 Å². The van der Waals surface area contributed by atoms with Gasteiger partial charge in [-0.1, -0.05) is 26.0 Å². The van der Waals surface area contributed by atoms with Gasteiger partial charge in [-0.05, 0) is 31.0 Å². The molecule has 1 heterocycles. The molecule has 122 valence electrons. The minimum atomic E-state index is -4.90. The Bertz CT molecular complexity index is 678. The standard InChI is InChI=1S/C10H5F3O3.C5H13N/c11-10(12,13)9-8(15)7(14)5-3-1-2-4-6(5)16-9;1-5(2)3-4-6/h1-4,15H;5H,3-4,6H2,1-2H3. The number of hydrogen-bond acceptors (Lipinski definition) is 4. The van der Waals surface area contributed by atoms with E-state index in [1.54, 1.807) is 0 Å². The lowest BCUT2D eigenvalue weighted by Crippen LogP contribution is -2.12. The molecule has 0 aliphatic heterocycles. The van der Waals surface area contributed by atoms with E-state index < -0.39 is 23.1 Å². The van der Waals surface area contributed by atoms with Gasteiger partial charge in [0.15, 0.2) is 0 Å². The Kier molecular flexibility index (Phi) is 5.99. The van der Waals surface area contributed by atoms with Crippen molar-refractivity contribution in [2.45, 2.75) is 26.4 Å². The van der Waals surface area contributed by atoms with E-state index in [4.69, 9.17) is 10.8 Å². The second-order valence-electron chi connectivity index (χ2n) is 5.07. The number of halogens is 3. The smallest absolute Gasteiger partial charge is 0.453 e. The van der Waals surface area contributed by atoms with E-state index in [9.17, 15) is 18.0 Å². The number of alkyl halides is 3. The van der Waals surface area contributed by atoms with Crippen LogP contribution in [-0.2, 0) is 6.18 Å². The molecule has 3 N–H and O–H groups in total. The highest BCUT2D eigenvalue weighted by atomic mass is 19.4. The topological polar surface area (TPSA) is 76.5 Å². The summed E-state index contributed by atoms with van der Waals surface area (Å²) < 4.78 is 41.6. The normalized spacial score (nSPS) is 11.4. The van der Waals surface area contributed by atoms with Crippen molar-refractivity contribution in [3.63, 3.8) is 0 Å². The number of para-hydroxylation sites is 1. The zero-order valence-corrected chi connectivity index (χ0v) is 12.3. The van der Waals surface area contributed by atoms with E-state index in [1.807, 2.05) is 0 Å². The molecular formula is C15H18F3NO3. The van der Waals surface area contributed by atoms with Gasteiger partial charge in [0.1, 0.15) is 5.58 Å². The van der Waals surface area contributed by atoms with Crippen molar-refractivity contribution >= 4 is 11.0 Å². The van der Waals surface area contributed by atoms with Crippen LogP contribution in [0.25, 0.3) is 11.0 Å². The summed E-state index contributed by atoms with van der Waals surface area (Å²) in [4.78, 5) is 11.4. The molecule has 0 amide bonds. The molecule has 1 aromatic heterocycles. The van der Waals surface area contributed by atoms with Crippen LogP contribution in [0.2, 0.25) is 0 Å². The van der Waals surface area contributed by atoms with Gasteiger partial charge in [0.25, 0.3) is 5.76 Å². The molecular weight excluding hydrogens is 299 g/mol. The molecule has 2 aromatic rings. The second kappa shape index (κ2) is 7.31. The fourth-order valence-corrected chi connectivity index (χ4v) is 1.66. The highest BCUT2D eigenvalue weighted by Gasteiger charge is 2.39. The third kappa shape index (κ3) is 4.49. The number of rotatable bonds is 2. The molecule has 0 unspecified atom stereocenters. The summed E-state index contributed by atoms with van der Waals surface area (Å²) >= 11 is 0. The number of nitrogens with two attached hydrogens (primary N) is 1. The Balaban J connectivity index is 0.000000346. The Hall–Kier alpha value is -2.02. The zero-order chi connectivity index (χ0) is 16.9. The van der Waals surface area contributed by atoms with Crippen molar-refractivity contribution in [2.24, 2.45) is 11.7 Å². The van der Waals surface area contributed by atoms with Crippen LogP contribution < -0.4 is 11.2 Å². The zero-order valence-electron chi connectivity index (χ0n) is 12.3. The monoisotopic (exact) mass is 317 g/mol. The number of fused-ring (bicyclic) bond motifs is 1. The lowest BCUT2D eigenvalue weighted by atomic mass is 10.1. The third-order valence-corrected chi connectivity index (χ3v) is 2.78. The van der Waals surface area contributed by atoms with E-state index >= 15 is 0 Å². The van der Waals surface area contributed by atoms with Gasteiger partial charge < -0.3 is 15.3 Å². The van der Waals surface area contributed by atoms with Gasteiger partial charge in [0.2, 0.25) is 11.2 Å². The third-order valence-electron chi connectivity index (χ3n) is 2.78.